The molecule has 0 aliphatic carbocycles. The minimum Gasteiger partial charge on any atom is -0.485 e. The van der Waals surface area contributed by atoms with E-state index >= 15 is 0 Å². The molecule has 18 heavy (non-hydrogen) atoms. The molecular formula is C15H15NO2. The molecule has 1 unspecified atom stereocenters. The number of aromatic nitrogens is 1. The molecule has 1 aliphatic rings. The summed E-state index contributed by atoms with van der Waals surface area (Å²) in [6, 6.07) is 11.6. The molecule has 3 nitrogen and oxygen atoms in total. The number of para-hydroxylation sites is 1. The van der Waals surface area contributed by atoms with Crippen LogP contribution >= 0.6 is 0 Å². The Hall–Kier alpha value is -1.87. The van der Waals surface area contributed by atoms with Crippen molar-refractivity contribution in [2.75, 3.05) is 0 Å². The van der Waals surface area contributed by atoms with Gasteiger partial charge in [0, 0.05) is 29.4 Å². The van der Waals surface area contributed by atoms with Crippen molar-refractivity contribution in [1.29, 1.82) is 0 Å². The number of rotatable bonds is 1. The Bertz CT molecular complexity index is 551. The zero-order valence-corrected chi connectivity index (χ0v) is 10.2. The summed E-state index contributed by atoms with van der Waals surface area (Å²) in [6.07, 6.45) is 1.80. The van der Waals surface area contributed by atoms with Crippen molar-refractivity contribution >= 4 is 0 Å². The van der Waals surface area contributed by atoms with E-state index in [1.807, 2.05) is 49.5 Å². The lowest BCUT2D eigenvalue weighted by Crippen LogP contribution is -2.19. The van der Waals surface area contributed by atoms with Crippen molar-refractivity contribution in [1.82, 2.24) is 4.98 Å². The summed E-state index contributed by atoms with van der Waals surface area (Å²) in [7, 11) is 0. The molecule has 3 rings (SSSR count). The van der Waals surface area contributed by atoms with Crippen LogP contribution in [0.2, 0.25) is 0 Å². The summed E-state index contributed by atoms with van der Waals surface area (Å²) in [5, 5.41) is 10.1. The molecule has 0 amide bonds. The van der Waals surface area contributed by atoms with Gasteiger partial charge in [0.05, 0.1) is 6.10 Å². The number of aliphatic hydroxyl groups is 1. The number of hydrogen-bond donors (Lipinski definition) is 1. The predicted octanol–water partition coefficient (Wildman–Crippen LogP) is 2.95. The van der Waals surface area contributed by atoms with E-state index in [2.05, 4.69) is 4.98 Å². The molecule has 92 valence electrons. The normalized spacial score (nSPS) is 22.1. The second-order valence-electron chi connectivity index (χ2n) is 4.63. The summed E-state index contributed by atoms with van der Waals surface area (Å²) in [5.41, 5.74) is 2.86. The van der Waals surface area contributed by atoms with Gasteiger partial charge in [0.1, 0.15) is 11.9 Å². The molecule has 0 saturated heterocycles. The fourth-order valence-corrected chi connectivity index (χ4v) is 2.27. The van der Waals surface area contributed by atoms with E-state index in [-0.39, 0.29) is 6.10 Å². The van der Waals surface area contributed by atoms with Gasteiger partial charge in [-0.3, -0.25) is 4.98 Å². The van der Waals surface area contributed by atoms with E-state index in [0.717, 1.165) is 22.6 Å². The van der Waals surface area contributed by atoms with Crippen LogP contribution in [-0.2, 0) is 0 Å². The highest BCUT2D eigenvalue weighted by atomic mass is 16.5. The highest BCUT2D eigenvalue weighted by Gasteiger charge is 2.27. The van der Waals surface area contributed by atoms with Crippen LogP contribution in [-0.4, -0.2) is 10.1 Å². The smallest absolute Gasteiger partial charge is 0.128 e. The average molecular weight is 241 g/mol. The summed E-state index contributed by atoms with van der Waals surface area (Å²) < 4.78 is 5.93. The molecule has 1 aromatic carbocycles. The van der Waals surface area contributed by atoms with Gasteiger partial charge < -0.3 is 9.84 Å². The lowest BCUT2D eigenvalue weighted by molar-refractivity contribution is 0.0656. The molecule has 1 N–H and O–H groups in total. The van der Waals surface area contributed by atoms with E-state index in [1.54, 1.807) is 0 Å². The number of pyridine rings is 1. The first-order valence-electron chi connectivity index (χ1n) is 6.10. The quantitative estimate of drug-likeness (QED) is 0.834. The molecule has 0 saturated carbocycles. The summed E-state index contributed by atoms with van der Waals surface area (Å²) in [4.78, 5) is 4.27. The van der Waals surface area contributed by atoms with E-state index in [0.29, 0.717) is 6.42 Å². The topological polar surface area (TPSA) is 42.4 Å². The first kappa shape index (κ1) is 11.2. The van der Waals surface area contributed by atoms with E-state index in [4.69, 9.17) is 4.74 Å². The Morgan fingerprint density at radius 2 is 2.06 bits per heavy atom. The Labute approximate surface area is 106 Å². The van der Waals surface area contributed by atoms with Gasteiger partial charge >= 0.3 is 0 Å². The zero-order valence-electron chi connectivity index (χ0n) is 10.2. The fraction of sp³-hybridized carbons (Fsp3) is 0.267. The van der Waals surface area contributed by atoms with Gasteiger partial charge in [0.25, 0.3) is 0 Å². The number of fused-ring (bicyclic) bond motifs is 1. The third-order valence-electron chi connectivity index (χ3n) is 3.29. The van der Waals surface area contributed by atoms with Crippen LogP contribution in [0.3, 0.4) is 0 Å². The van der Waals surface area contributed by atoms with Crippen molar-refractivity contribution in [3.05, 3.63) is 59.4 Å². The molecule has 2 aromatic rings. The SMILES string of the molecule is Cc1ccc(C2C[C@H](O)c3ccccc3O2)cn1. The van der Waals surface area contributed by atoms with E-state index < -0.39 is 6.10 Å². The Morgan fingerprint density at radius 3 is 2.83 bits per heavy atom. The van der Waals surface area contributed by atoms with Crippen molar-refractivity contribution in [3.8, 4) is 5.75 Å². The van der Waals surface area contributed by atoms with Crippen LogP contribution < -0.4 is 4.74 Å². The van der Waals surface area contributed by atoms with Gasteiger partial charge in [0.15, 0.2) is 0 Å². The van der Waals surface area contributed by atoms with Crippen molar-refractivity contribution in [2.45, 2.75) is 25.6 Å². The average Bonchev–Trinajstić information content (AvgIpc) is 2.39. The largest absolute Gasteiger partial charge is 0.485 e. The van der Waals surface area contributed by atoms with Crippen LogP contribution in [0.15, 0.2) is 42.6 Å². The number of aliphatic hydroxyl groups excluding tert-OH is 1. The lowest BCUT2D eigenvalue weighted by atomic mass is 9.96. The lowest BCUT2D eigenvalue weighted by Gasteiger charge is -2.29. The second kappa shape index (κ2) is 4.42. The summed E-state index contributed by atoms with van der Waals surface area (Å²) in [5.74, 6) is 0.766. The van der Waals surface area contributed by atoms with Gasteiger partial charge in [0.2, 0.25) is 0 Å². The second-order valence-corrected chi connectivity index (χ2v) is 4.63. The summed E-state index contributed by atoms with van der Waals surface area (Å²) >= 11 is 0. The number of benzene rings is 1. The van der Waals surface area contributed by atoms with Gasteiger partial charge in [-0.15, -0.1) is 0 Å². The minimum absolute atomic E-state index is 0.122. The van der Waals surface area contributed by atoms with Gasteiger partial charge in [-0.05, 0) is 19.1 Å². The fourth-order valence-electron chi connectivity index (χ4n) is 2.27. The molecule has 0 bridgehead atoms. The third-order valence-corrected chi connectivity index (χ3v) is 3.29. The van der Waals surface area contributed by atoms with Crippen molar-refractivity contribution in [2.24, 2.45) is 0 Å². The first-order valence-corrected chi connectivity index (χ1v) is 6.10. The Morgan fingerprint density at radius 1 is 1.22 bits per heavy atom. The monoisotopic (exact) mass is 241 g/mol. The van der Waals surface area contributed by atoms with E-state index in [9.17, 15) is 5.11 Å². The molecule has 1 aliphatic heterocycles. The Balaban J connectivity index is 1.92. The number of aryl methyl sites for hydroxylation is 1. The molecule has 2 heterocycles. The van der Waals surface area contributed by atoms with Crippen LogP contribution in [0.25, 0.3) is 0 Å². The highest BCUT2D eigenvalue weighted by Crippen LogP contribution is 2.40. The minimum atomic E-state index is -0.471. The van der Waals surface area contributed by atoms with Crippen LogP contribution in [0.4, 0.5) is 0 Å². The molecular weight excluding hydrogens is 226 g/mol. The van der Waals surface area contributed by atoms with E-state index in [1.165, 1.54) is 0 Å². The molecule has 1 aromatic heterocycles. The van der Waals surface area contributed by atoms with Gasteiger partial charge in [-0.25, -0.2) is 0 Å². The molecule has 0 fully saturated rings. The zero-order chi connectivity index (χ0) is 12.5. The molecule has 0 spiro atoms. The number of ether oxygens (including phenoxy) is 1. The molecule has 2 atom stereocenters. The van der Waals surface area contributed by atoms with Crippen LogP contribution in [0.5, 0.6) is 5.75 Å². The predicted molar refractivity (Wildman–Crippen MR) is 68.4 cm³/mol. The molecule has 3 heteroatoms. The standard InChI is InChI=1S/C15H15NO2/c1-10-6-7-11(9-16-10)15-8-13(17)12-4-2-3-5-14(12)18-15/h2-7,9,13,15,17H,8H2,1H3/t13-,15?/m0/s1. The highest BCUT2D eigenvalue weighted by molar-refractivity contribution is 5.38. The van der Waals surface area contributed by atoms with Crippen LogP contribution in [0.1, 0.15) is 35.4 Å². The maximum Gasteiger partial charge on any atom is 0.128 e. The van der Waals surface area contributed by atoms with Crippen LogP contribution in [0, 0.1) is 6.92 Å². The maximum atomic E-state index is 10.1. The third kappa shape index (κ3) is 1.97. The summed E-state index contributed by atoms with van der Waals surface area (Å²) in [6.45, 7) is 1.95. The number of nitrogens with zero attached hydrogens (tertiary/aromatic N) is 1. The van der Waals surface area contributed by atoms with Gasteiger partial charge in [-0.1, -0.05) is 24.3 Å². The first-order chi connectivity index (χ1) is 8.74. The Kier molecular flexibility index (Phi) is 2.76. The molecule has 0 radical (unpaired) electrons. The maximum absolute atomic E-state index is 10.1. The number of hydrogen-bond acceptors (Lipinski definition) is 3. The van der Waals surface area contributed by atoms with Crippen molar-refractivity contribution in [3.63, 3.8) is 0 Å². The van der Waals surface area contributed by atoms with Gasteiger partial charge in [-0.2, -0.15) is 0 Å². The van der Waals surface area contributed by atoms with Crippen molar-refractivity contribution < 1.29 is 9.84 Å².